The predicted octanol–water partition coefficient (Wildman–Crippen LogP) is 3.80. The number of carbonyl (C=O) groups excluding carboxylic acids is 2. The van der Waals surface area contributed by atoms with Crippen LogP contribution in [0.15, 0.2) is 66.9 Å². The Balaban J connectivity index is 1.35. The van der Waals surface area contributed by atoms with Crippen molar-refractivity contribution < 1.29 is 14.0 Å². The molecule has 1 aromatic heterocycles. The molecule has 6 nitrogen and oxygen atoms in total. The van der Waals surface area contributed by atoms with E-state index in [2.05, 4.69) is 15.6 Å². The van der Waals surface area contributed by atoms with Gasteiger partial charge in [0.2, 0.25) is 5.91 Å². The fourth-order valence-electron chi connectivity index (χ4n) is 3.22. The van der Waals surface area contributed by atoms with Gasteiger partial charge in [0, 0.05) is 5.92 Å². The number of carbonyl (C=O) groups is 2. The molecule has 4 N–H and O–H groups in total. The van der Waals surface area contributed by atoms with E-state index < -0.39 is 11.7 Å². The molecule has 1 heterocycles. The standard InChI is InChI=1S/C22H19FN4O2/c23-14-6-8-19(18(24)10-14)27-22(29)20-9-7-15(12-25-20)26-21(28)17-11-16(17)13-4-2-1-3-5-13/h1-10,12,16-17H,11,24H2,(H,26,28)(H,27,29). The Morgan fingerprint density at radius 1 is 1.03 bits per heavy atom. The SMILES string of the molecule is Nc1cc(F)ccc1NC(=O)c1ccc(NC(=O)C2CC2c2ccccc2)cn1. The third kappa shape index (κ3) is 4.24. The minimum atomic E-state index is -0.483. The molecular weight excluding hydrogens is 371 g/mol. The lowest BCUT2D eigenvalue weighted by atomic mass is 10.1. The summed E-state index contributed by atoms with van der Waals surface area (Å²) in [4.78, 5) is 28.8. The van der Waals surface area contributed by atoms with Crippen LogP contribution in [0.25, 0.3) is 0 Å². The maximum absolute atomic E-state index is 13.1. The summed E-state index contributed by atoms with van der Waals surface area (Å²) in [6.07, 6.45) is 2.25. The van der Waals surface area contributed by atoms with Gasteiger partial charge in [-0.25, -0.2) is 9.37 Å². The van der Waals surface area contributed by atoms with Crippen LogP contribution in [0.4, 0.5) is 21.5 Å². The number of halogens is 1. The quantitative estimate of drug-likeness (QED) is 0.577. The van der Waals surface area contributed by atoms with Crippen molar-refractivity contribution in [1.82, 2.24) is 4.98 Å². The van der Waals surface area contributed by atoms with Crippen LogP contribution in [0.1, 0.15) is 28.4 Å². The number of hydrogen-bond acceptors (Lipinski definition) is 4. The van der Waals surface area contributed by atoms with E-state index in [0.717, 1.165) is 18.1 Å². The number of nitrogens with two attached hydrogens (primary N) is 1. The van der Waals surface area contributed by atoms with E-state index in [-0.39, 0.29) is 29.1 Å². The van der Waals surface area contributed by atoms with Gasteiger partial charge in [-0.1, -0.05) is 30.3 Å². The van der Waals surface area contributed by atoms with Gasteiger partial charge < -0.3 is 16.4 Å². The molecule has 7 heteroatoms. The van der Waals surface area contributed by atoms with E-state index in [1.54, 1.807) is 6.07 Å². The van der Waals surface area contributed by atoms with E-state index in [4.69, 9.17) is 5.73 Å². The molecule has 1 saturated carbocycles. The highest BCUT2D eigenvalue weighted by Gasteiger charge is 2.43. The number of rotatable bonds is 5. The van der Waals surface area contributed by atoms with Crippen molar-refractivity contribution in [1.29, 1.82) is 0 Å². The smallest absolute Gasteiger partial charge is 0.274 e. The molecule has 1 aliphatic rings. The van der Waals surface area contributed by atoms with Gasteiger partial charge >= 0.3 is 0 Å². The van der Waals surface area contributed by atoms with Crippen molar-refractivity contribution in [3.8, 4) is 0 Å². The summed E-state index contributed by atoms with van der Waals surface area (Å²) in [5.41, 5.74) is 7.96. The van der Waals surface area contributed by atoms with Gasteiger partial charge in [-0.05, 0) is 48.2 Å². The van der Waals surface area contributed by atoms with Gasteiger partial charge in [0.05, 0.1) is 23.3 Å². The molecule has 3 aromatic rings. The number of nitrogen functional groups attached to an aromatic ring is 1. The lowest BCUT2D eigenvalue weighted by molar-refractivity contribution is -0.117. The third-order valence-electron chi connectivity index (χ3n) is 4.88. The number of pyridine rings is 1. The number of hydrogen-bond donors (Lipinski definition) is 3. The fourth-order valence-corrected chi connectivity index (χ4v) is 3.22. The summed E-state index contributed by atoms with van der Waals surface area (Å²) in [5.74, 6) is -0.828. The first-order chi connectivity index (χ1) is 14.0. The van der Waals surface area contributed by atoms with Crippen molar-refractivity contribution in [2.45, 2.75) is 12.3 Å². The van der Waals surface area contributed by atoms with Crippen molar-refractivity contribution in [2.75, 3.05) is 16.4 Å². The first-order valence-electron chi connectivity index (χ1n) is 9.19. The Kier molecular flexibility index (Phi) is 4.95. The number of nitrogens with zero attached hydrogens (tertiary/aromatic N) is 1. The Morgan fingerprint density at radius 3 is 2.52 bits per heavy atom. The van der Waals surface area contributed by atoms with Crippen LogP contribution in [0.2, 0.25) is 0 Å². The van der Waals surface area contributed by atoms with Gasteiger partial charge in [0.1, 0.15) is 11.5 Å². The van der Waals surface area contributed by atoms with Crippen molar-refractivity contribution in [3.05, 3.63) is 83.9 Å². The Morgan fingerprint density at radius 2 is 1.83 bits per heavy atom. The maximum atomic E-state index is 13.1. The van der Waals surface area contributed by atoms with Crippen LogP contribution in [0, 0.1) is 11.7 Å². The Labute approximate surface area is 167 Å². The first-order valence-corrected chi connectivity index (χ1v) is 9.19. The normalized spacial score (nSPS) is 17.4. The van der Waals surface area contributed by atoms with E-state index in [9.17, 15) is 14.0 Å². The lowest BCUT2D eigenvalue weighted by Crippen LogP contribution is -2.17. The number of benzene rings is 2. The Bertz CT molecular complexity index is 1050. The number of aromatic nitrogens is 1. The van der Waals surface area contributed by atoms with Crippen LogP contribution < -0.4 is 16.4 Å². The van der Waals surface area contributed by atoms with Gasteiger partial charge in [-0.3, -0.25) is 9.59 Å². The van der Waals surface area contributed by atoms with Crippen molar-refractivity contribution in [3.63, 3.8) is 0 Å². The number of nitrogens with one attached hydrogen (secondary N) is 2. The maximum Gasteiger partial charge on any atom is 0.274 e. The van der Waals surface area contributed by atoms with Crippen molar-refractivity contribution in [2.24, 2.45) is 5.92 Å². The summed E-state index contributed by atoms with van der Waals surface area (Å²) >= 11 is 0. The molecule has 0 saturated heterocycles. The molecule has 146 valence electrons. The zero-order chi connectivity index (χ0) is 20.4. The van der Waals surface area contributed by atoms with Crippen molar-refractivity contribution >= 4 is 28.9 Å². The second-order valence-electron chi connectivity index (χ2n) is 6.97. The minimum absolute atomic E-state index is 0.0539. The molecule has 2 unspecified atom stereocenters. The molecule has 29 heavy (non-hydrogen) atoms. The molecule has 0 radical (unpaired) electrons. The summed E-state index contributed by atoms with van der Waals surface area (Å²) in [6.45, 7) is 0. The topological polar surface area (TPSA) is 97.1 Å². The molecule has 2 atom stereocenters. The molecule has 4 rings (SSSR count). The molecular formula is C22H19FN4O2. The summed E-state index contributed by atoms with van der Waals surface area (Å²) in [6, 6.07) is 16.8. The second kappa shape index (κ2) is 7.71. The van der Waals surface area contributed by atoms with Crippen LogP contribution in [-0.2, 0) is 4.79 Å². The largest absolute Gasteiger partial charge is 0.397 e. The van der Waals surface area contributed by atoms with E-state index in [1.165, 1.54) is 24.4 Å². The summed E-state index contributed by atoms with van der Waals surface area (Å²) in [7, 11) is 0. The molecule has 0 aliphatic heterocycles. The zero-order valence-electron chi connectivity index (χ0n) is 15.4. The molecule has 2 amide bonds. The third-order valence-corrected chi connectivity index (χ3v) is 4.88. The summed E-state index contributed by atoms with van der Waals surface area (Å²) in [5, 5.41) is 5.43. The highest BCUT2D eigenvalue weighted by Crippen LogP contribution is 2.47. The fraction of sp³-hybridized carbons (Fsp3) is 0.136. The van der Waals surface area contributed by atoms with Gasteiger partial charge in [0.25, 0.3) is 5.91 Å². The average Bonchev–Trinajstić information content (AvgIpc) is 3.52. The van der Waals surface area contributed by atoms with Crippen LogP contribution >= 0.6 is 0 Å². The highest BCUT2D eigenvalue weighted by atomic mass is 19.1. The van der Waals surface area contributed by atoms with Gasteiger partial charge in [0.15, 0.2) is 0 Å². The van der Waals surface area contributed by atoms with Crippen LogP contribution in [0.3, 0.4) is 0 Å². The first kappa shape index (κ1) is 18.6. The molecule has 2 aromatic carbocycles. The molecule has 0 bridgehead atoms. The van der Waals surface area contributed by atoms with E-state index >= 15 is 0 Å². The number of amides is 2. The predicted molar refractivity (Wildman–Crippen MR) is 109 cm³/mol. The minimum Gasteiger partial charge on any atom is -0.397 e. The molecule has 1 fully saturated rings. The summed E-state index contributed by atoms with van der Waals surface area (Å²) < 4.78 is 13.1. The Hall–Kier alpha value is -3.74. The number of anilines is 3. The average molecular weight is 390 g/mol. The van der Waals surface area contributed by atoms with Gasteiger partial charge in [-0.2, -0.15) is 0 Å². The van der Waals surface area contributed by atoms with Crippen LogP contribution in [-0.4, -0.2) is 16.8 Å². The molecule has 1 aliphatic carbocycles. The highest BCUT2D eigenvalue weighted by molar-refractivity contribution is 6.04. The zero-order valence-corrected chi connectivity index (χ0v) is 15.4. The lowest BCUT2D eigenvalue weighted by Gasteiger charge is -2.09. The van der Waals surface area contributed by atoms with Gasteiger partial charge in [-0.15, -0.1) is 0 Å². The molecule has 0 spiro atoms. The van der Waals surface area contributed by atoms with E-state index in [1.807, 2.05) is 30.3 Å². The monoisotopic (exact) mass is 390 g/mol. The second-order valence-corrected chi connectivity index (χ2v) is 6.97. The van der Waals surface area contributed by atoms with E-state index in [0.29, 0.717) is 11.4 Å². The van der Waals surface area contributed by atoms with Crippen LogP contribution in [0.5, 0.6) is 0 Å².